The first kappa shape index (κ1) is 11.4. The summed E-state index contributed by atoms with van der Waals surface area (Å²) in [5, 5.41) is 0. The molecule has 1 atom stereocenters. The molecule has 0 aromatic carbocycles. The molecule has 14 heavy (non-hydrogen) atoms. The zero-order valence-corrected chi connectivity index (χ0v) is 9.55. The summed E-state index contributed by atoms with van der Waals surface area (Å²) in [5.41, 5.74) is 1.08. The minimum Gasteiger partial charge on any atom is -0.309 e. The maximum Gasteiger partial charge on any atom is 0.162 e. The smallest absolute Gasteiger partial charge is 0.162 e. The number of allylic oxidation sites excluding steroid dienone is 2. The highest BCUT2D eigenvalue weighted by molar-refractivity contribution is 5.99. The minimum atomic E-state index is 0.258. The molecule has 0 saturated heterocycles. The van der Waals surface area contributed by atoms with Gasteiger partial charge in [-0.1, -0.05) is 19.4 Å². The summed E-state index contributed by atoms with van der Waals surface area (Å²) >= 11 is 0. The predicted molar refractivity (Wildman–Crippen MR) is 59.3 cm³/mol. The van der Waals surface area contributed by atoms with E-state index in [-0.39, 0.29) is 5.92 Å². The zero-order chi connectivity index (χ0) is 10.6. The van der Waals surface area contributed by atoms with Crippen LogP contribution in [-0.2, 0) is 4.79 Å². The van der Waals surface area contributed by atoms with E-state index in [1.165, 1.54) is 0 Å². The fraction of sp³-hybridized carbons (Fsp3) is 0.750. The van der Waals surface area contributed by atoms with E-state index in [0.29, 0.717) is 5.78 Å². The van der Waals surface area contributed by atoms with Crippen molar-refractivity contribution in [2.75, 3.05) is 20.6 Å². The molecule has 0 spiro atoms. The zero-order valence-electron chi connectivity index (χ0n) is 9.55. The molecule has 1 saturated carbocycles. The van der Waals surface area contributed by atoms with Crippen LogP contribution in [-0.4, -0.2) is 31.3 Å². The third kappa shape index (κ3) is 2.95. The second-order valence-electron chi connectivity index (χ2n) is 4.38. The van der Waals surface area contributed by atoms with Gasteiger partial charge in [-0.25, -0.2) is 0 Å². The molecule has 1 fully saturated rings. The lowest BCUT2D eigenvalue weighted by Crippen LogP contribution is -2.24. The van der Waals surface area contributed by atoms with Crippen LogP contribution in [0.1, 0.15) is 32.6 Å². The topological polar surface area (TPSA) is 20.3 Å². The number of hydrogen-bond donors (Lipinski definition) is 0. The van der Waals surface area contributed by atoms with Crippen LogP contribution in [0.15, 0.2) is 11.6 Å². The van der Waals surface area contributed by atoms with E-state index in [4.69, 9.17) is 0 Å². The summed E-state index contributed by atoms with van der Waals surface area (Å²) < 4.78 is 0. The number of Topliss-reactive ketones (excluding diaryl/α,β-unsaturated/α-hetero) is 1. The molecule has 0 amide bonds. The molecule has 1 aliphatic rings. The van der Waals surface area contributed by atoms with Crippen LogP contribution in [0.3, 0.4) is 0 Å². The third-order valence-corrected chi connectivity index (χ3v) is 2.71. The molecule has 0 aliphatic heterocycles. The van der Waals surface area contributed by atoms with Gasteiger partial charge in [0.1, 0.15) is 0 Å². The van der Waals surface area contributed by atoms with Gasteiger partial charge in [-0.3, -0.25) is 4.79 Å². The van der Waals surface area contributed by atoms with Gasteiger partial charge in [-0.15, -0.1) is 0 Å². The Morgan fingerprint density at radius 2 is 2.21 bits per heavy atom. The minimum absolute atomic E-state index is 0.258. The van der Waals surface area contributed by atoms with Crippen molar-refractivity contribution in [1.29, 1.82) is 0 Å². The first-order chi connectivity index (χ1) is 6.65. The van der Waals surface area contributed by atoms with Gasteiger partial charge in [-0.2, -0.15) is 0 Å². The van der Waals surface area contributed by atoms with E-state index in [9.17, 15) is 4.79 Å². The Morgan fingerprint density at radius 3 is 2.79 bits per heavy atom. The van der Waals surface area contributed by atoms with Crippen molar-refractivity contribution >= 4 is 5.78 Å². The van der Waals surface area contributed by atoms with Crippen molar-refractivity contribution < 1.29 is 4.79 Å². The summed E-state index contributed by atoms with van der Waals surface area (Å²) in [5.74, 6) is 0.653. The number of unbranched alkanes of at least 4 members (excludes halogenated alkanes) is 1. The normalized spacial score (nSPS) is 25.3. The van der Waals surface area contributed by atoms with Gasteiger partial charge in [0.25, 0.3) is 0 Å². The number of hydrogen-bond acceptors (Lipinski definition) is 2. The largest absolute Gasteiger partial charge is 0.309 e. The van der Waals surface area contributed by atoms with Crippen molar-refractivity contribution in [3.8, 4) is 0 Å². The third-order valence-electron chi connectivity index (χ3n) is 2.71. The van der Waals surface area contributed by atoms with E-state index >= 15 is 0 Å². The summed E-state index contributed by atoms with van der Waals surface area (Å²) in [7, 11) is 4.06. The van der Waals surface area contributed by atoms with E-state index in [2.05, 4.69) is 17.9 Å². The number of carbonyl (C=O) groups is 1. The van der Waals surface area contributed by atoms with Crippen molar-refractivity contribution in [1.82, 2.24) is 4.90 Å². The Kier molecular flexibility index (Phi) is 4.33. The Bertz CT molecular complexity index is 230. The molecule has 1 rings (SSSR count). The van der Waals surface area contributed by atoms with Crippen LogP contribution >= 0.6 is 0 Å². The van der Waals surface area contributed by atoms with Crippen LogP contribution in [0.4, 0.5) is 0 Å². The van der Waals surface area contributed by atoms with Crippen molar-refractivity contribution in [3.05, 3.63) is 11.6 Å². The standard InChI is InChI=1S/C12H21NO/c1-4-5-6-10-7-8-11(12(10)14)9-13(2)3/h6,11H,4-5,7-9H2,1-3H3/b10-6+. The van der Waals surface area contributed by atoms with E-state index in [1.807, 2.05) is 14.1 Å². The average molecular weight is 195 g/mol. The molecule has 1 aliphatic carbocycles. The molecule has 0 heterocycles. The second kappa shape index (κ2) is 5.30. The Hall–Kier alpha value is -0.630. The van der Waals surface area contributed by atoms with E-state index < -0.39 is 0 Å². The molecule has 0 aromatic rings. The average Bonchev–Trinajstić information content (AvgIpc) is 2.45. The van der Waals surface area contributed by atoms with Gasteiger partial charge in [0, 0.05) is 12.5 Å². The summed E-state index contributed by atoms with van der Waals surface area (Å²) in [6.07, 6.45) is 6.37. The molecule has 2 heteroatoms. The Balaban J connectivity index is 2.51. The maximum absolute atomic E-state index is 11.9. The molecule has 0 N–H and O–H groups in total. The Morgan fingerprint density at radius 1 is 1.50 bits per heavy atom. The summed E-state index contributed by atoms with van der Waals surface area (Å²) in [6, 6.07) is 0. The molecule has 1 unspecified atom stereocenters. The Labute approximate surface area is 87.0 Å². The van der Waals surface area contributed by atoms with Gasteiger partial charge in [-0.05, 0) is 38.9 Å². The number of ketones is 1. The summed E-state index contributed by atoms with van der Waals surface area (Å²) in [4.78, 5) is 14.0. The van der Waals surface area contributed by atoms with Crippen molar-refractivity contribution in [3.63, 3.8) is 0 Å². The second-order valence-corrected chi connectivity index (χ2v) is 4.38. The van der Waals surface area contributed by atoms with Crippen molar-refractivity contribution in [2.24, 2.45) is 5.92 Å². The highest BCUT2D eigenvalue weighted by Crippen LogP contribution is 2.27. The van der Waals surface area contributed by atoms with Gasteiger partial charge in [0.15, 0.2) is 5.78 Å². The lowest BCUT2D eigenvalue weighted by atomic mass is 10.1. The van der Waals surface area contributed by atoms with Crippen LogP contribution in [0.25, 0.3) is 0 Å². The van der Waals surface area contributed by atoms with E-state index in [1.54, 1.807) is 0 Å². The van der Waals surface area contributed by atoms with Gasteiger partial charge >= 0.3 is 0 Å². The summed E-state index contributed by atoms with van der Waals surface area (Å²) in [6.45, 7) is 3.05. The molecule has 0 aromatic heterocycles. The van der Waals surface area contributed by atoms with Crippen LogP contribution in [0, 0.1) is 5.92 Å². The van der Waals surface area contributed by atoms with Gasteiger partial charge in [0.2, 0.25) is 0 Å². The lowest BCUT2D eigenvalue weighted by Gasteiger charge is -2.13. The van der Waals surface area contributed by atoms with Crippen LogP contribution in [0.5, 0.6) is 0 Å². The molecular weight excluding hydrogens is 174 g/mol. The molecular formula is C12H21NO. The fourth-order valence-corrected chi connectivity index (χ4v) is 1.98. The molecule has 0 radical (unpaired) electrons. The van der Waals surface area contributed by atoms with Crippen LogP contribution in [0.2, 0.25) is 0 Å². The highest BCUT2D eigenvalue weighted by atomic mass is 16.1. The lowest BCUT2D eigenvalue weighted by molar-refractivity contribution is -0.118. The number of nitrogens with zero attached hydrogens (tertiary/aromatic N) is 1. The molecule has 2 nitrogen and oxygen atoms in total. The van der Waals surface area contributed by atoms with E-state index in [0.717, 1.165) is 37.8 Å². The quantitative estimate of drug-likeness (QED) is 0.641. The number of rotatable bonds is 4. The highest BCUT2D eigenvalue weighted by Gasteiger charge is 2.28. The fourth-order valence-electron chi connectivity index (χ4n) is 1.98. The van der Waals surface area contributed by atoms with Gasteiger partial charge < -0.3 is 4.90 Å². The maximum atomic E-state index is 11.9. The molecule has 0 bridgehead atoms. The monoisotopic (exact) mass is 195 g/mol. The first-order valence-electron chi connectivity index (χ1n) is 5.53. The van der Waals surface area contributed by atoms with Crippen LogP contribution < -0.4 is 0 Å². The predicted octanol–water partition coefficient (Wildman–Crippen LogP) is 2.25. The first-order valence-corrected chi connectivity index (χ1v) is 5.53. The molecule has 80 valence electrons. The van der Waals surface area contributed by atoms with Gasteiger partial charge in [0.05, 0.1) is 0 Å². The SMILES string of the molecule is CCC/C=C1\CCC(CN(C)C)C1=O. The number of carbonyl (C=O) groups excluding carboxylic acids is 1. The van der Waals surface area contributed by atoms with Crippen molar-refractivity contribution in [2.45, 2.75) is 32.6 Å².